The maximum Gasteiger partial charge on any atom is 0.159 e. The van der Waals surface area contributed by atoms with Gasteiger partial charge in [-0.25, -0.2) is 13.9 Å². The lowest BCUT2D eigenvalue weighted by Gasteiger charge is -2.24. The van der Waals surface area contributed by atoms with Crippen molar-refractivity contribution < 1.29 is 9.50 Å². The van der Waals surface area contributed by atoms with E-state index in [0.29, 0.717) is 11.3 Å². The molecule has 0 fully saturated rings. The van der Waals surface area contributed by atoms with Gasteiger partial charge in [0.25, 0.3) is 0 Å². The van der Waals surface area contributed by atoms with E-state index >= 15 is 0 Å². The molecule has 0 aliphatic heterocycles. The summed E-state index contributed by atoms with van der Waals surface area (Å²) in [5.74, 6) is 0. The summed E-state index contributed by atoms with van der Waals surface area (Å²) < 4.78 is 14.4. The molecule has 4 nitrogen and oxygen atoms in total. The minimum Gasteiger partial charge on any atom is -0.381 e. The summed E-state index contributed by atoms with van der Waals surface area (Å²) in [6, 6.07) is 3.59. The first-order valence-corrected chi connectivity index (χ1v) is 5.89. The van der Waals surface area contributed by atoms with E-state index in [2.05, 4.69) is 30.9 Å². The Morgan fingerprint density at radius 1 is 1.28 bits per heavy atom. The summed E-state index contributed by atoms with van der Waals surface area (Å²) in [6.45, 7) is 6.79. The average Bonchev–Trinajstić information content (AvgIpc) is 2.74. The topological polar surface area (TPSA) is 50.4 Å². The number of alkyl halides is 1. The summed E-state index contributed by atoms with van der Waals surface area (Å²) in [4.78, 5) is 4.21. The molecule has 0 saturated heterocycles. The van der Waals surface area contributed by atoms with Gasteiger partial charge in [-0.2, -0.15) is 5.10 Å². The molecule has 1 atom stereocenters. The van der Waals surface area contributed by atoms with Gasteiger partial charge in [-0.15, -0.1) is 0 Å². The van der Waals surface area contributed by atoms with Gasteiger partial charge in [0.05, 0.1) is 5.69 Å². The third-order valence-corrected chi connectivity index (χ3v) is 3.04. The van der Waals surface area contributed by atoms with Crippen LogP contribution in [0.2, 0.25) is 0 Å². The highest BCUT2D eigenvalue weighted by Gasteiger charge is 2.29. The number of hydrogen-bond acceptors (Lipinski definition) is 3. The van der Waals surface area contributed by atoms with Crippen LogP contribution in [-0.2, 0) is 11.0 Å². The second kappa shape index (κ2) is 4.02. The van der Waals surface area contributed by atoms with E-state index in [0.717, 1.165) is 5.56 Å². The summed E-state index contributed by atoms with van der Waals surface area (Å²) in [7, 11) is 0. The van der Waals surface area contributed by atoms with Gasteiger partial charge in [-0.1, -0.05) is 26.8 Å². The SMILES string of the molecule is CC(C)(C)c1ccc([C@](C)(O)CF)n2ncnc12. The average molecular weight is 251 g/mol. The third kappa shape index (κ3) is 1.99. The van der Waals surface area contributed by atoms with Crippen molar-refractivity contribution in [3.05, 3.63) is 29.7 Å². The van der Waals surface area contributed by atoms with Gasteiger partial charge in [-0.05, 0) is 18.4 Å². The highest BCUT2D eigenvalue weighted by molar-refractivity contribution is 5.51. The number of pyridine rings is 1. The number of fused-ring (bicyclic) bond motifs is 1. The first kappa shape index (κ1) is 13.0. The Balaban J connectivity index is 2.73. The number of hydrogen-bond donors (Lipinski definition) is 1. The molecule has 2 heterocycles. The quantitative estimate of drug-likeness (QED) is 0.890. The lowest BCUT2D eigenvalue weighted by molar-refractivity contribution is 0.0238. The van der Waals surface area contributed by atoms with E-state index in [4.69, 9.17) is 0 Å². The predicted octanol–water partition coefficient (Wildman–Crippen LogP) is 2.20. The van der Waals surface area contributed by atoms with Gasteiger partial charge >= 0.3 is 0 Å². The van der Waals surface area contributed by atoms with Crippen molar-refractivity contribution in [3.63, 3.8) is 0 Å². The predicted molar refractivity (Wildman–Crippen MR) is 67.2 cm³/mol. The molecule has 98 valence electrons. The van der Waals surface area contributed by atoms with Gasteiger partial charge < -0.3 is 5.11 Å². The van der Waals surface area contributed by atoms with Crippen LogP contribution in [0.25, 0.3) is 5.65 Å². The molecule has 2 rings (SSSR count). The van der Waals surface area contributed by atoms with Crippen LogP contribution in [0.15, 0.2) is 18.5 Å². The molecule has 0 amide bonds. The Hall–Kier alpha value is -1.49. The third-order valence-electron chi connectivity index (χ3n) is 3.04. The van der Waals surface area contributed by atoms with Crippen LogP contribution < -0.4 is 0 Å². The van der Waals surface area contributed by atoms with Crippen LogP contribution in [0.1, 0.15) is 39.0 Å². The monoisotopic (exact) mass is 251 g/mol. The van der Waals surface area contributed by atoms with Crippen molar-refractivity contribution in [3.8, 4) is 0 Å². The molecular weight excluding hydrogens is 233 g/mol. The van der Waals surface area contributed by atoms with E-state index in [-0.39, 0.29) is 5.41 Å². The number of aromatic nitrogens is 3. The minimum atomic E-state index is -1.55. The highest BCUT2D eigenvalue weighted by Crippen LogP contribution is 2.29. The Bertz CT molecular complexity index is 569. The van der Waals surface area contributed by atoms with Crippen LogP contribution in [0.3, 0.4) is 0 Å². The normalized spacial score (nSPS) is 15.9. The molecule has 0 bridgehead atoms. The molecule has 5 heteroatoms. The fraction of sp³-hybridized carbons (Fsp3) is 0.538. The smallest absolute Gasteiger partial charge is 0.159 e. The zero-order valence-electron chi connectivity index (χ0n) is 11.1. The molecule has 0 aromatic carbocycles. The van der Waals surface area contributed by atoms with Gasteiger partial charge in [0.2, 0.25) is 0 Å². The Morgan fingerprint density at radius 3 is 2.50 bits per heavy atom. The lowest BCUT2D eigenvalue weighted by atomic mass is 9.87. The van der Waals surface area contributed by atoms with Crippen LogP contribution in [0.5, 0.6) is 0 Å². The van der Waals surface area contributed by atoms with Crippen molar-refractivity contribution in [2.45, 2.75) is 38.7 Å². The number of aliphatic hydroxyl groups is 1. The fourth-order valence-corrected chi connectivity index (χ4v) is 1.97. The van der Waals surface area contributed by atoms with E-state index < -0.39 is 12.3 Å². The number of nitrogens with zero attached hydrogens (tertiary/aromatic N) is 3. The zero-order chi connectivity index (χ0) is 13.6. The van der Waals surface area contributed by atoms with Crippen molar-refractivity contribution in [2.75, 3.05) is 6.67 Å². The van der Waals surface area contributed by atoms with E-state index in [1.807, 2.05) is 6.07 Å². The molecule has 0 radical (unpaired) electrons. The van der Waals surface area contributed by atoms with Crippen LogP contribution in [-0.4, -0.2) is 26.4 Å². The molecule has 0 saturated carbocycles. The molecule has 0 spiro atoms. The molecule has 0 aliphatic rings. The minimum absolute atomic E-state index is 0.0889. The molecule has 0 unspecified atom stereocenters. The Labute approximate surface area is 105 Å². The fourth-order valence-electron chi connectivity index (χ4n) is 1.97. The van der Waals surface area contributed by atoms with Gasteiger partial charge in [-0.3, -0.25) is 0 Å². The molecule has 2 aromatic heterocycles. The molecule has 18 heavy (non-hydrogen) atoms. The van der Waals surface area contributed by atoms with E-state index in [9.17, 15) is 9.50 Å². The van der Waals surface area contributed by atoms with Crippen molar-refractivity contribution >= 4 is 5.65 Å². The van der Waals surface area contributed by atoms with Crippen LogP contribution >= 0.6 is 0 Å². The van der Waals surface area contributed by atoms with Crippen molar-refractivity contribution in [1.82, 2.24) is 14.6 Å². The van der Waals surface area contributed by atoms with Crippen molar-refractivity contribution in [1.29, 1.82) is 0 Å². The van der Waals surface area contributed by atoms with Crippen molar-refractivity contribution in [2.24, 2.45) is 0 Å². The van der Waals surface area contributed by atoms with Crippen LogP contribution in [0, 0.1) is 0 Å². The number of rotatable bonds is 2. The molecular formula is C13H18FN3O. The molecule has 0 aliphatic carbocycles. The Kier molecular flexibility index (Phi) is 2.89. The second-order valence-corrected chi connectivity index (χ2v) is 5.79. The largest absolute Gasteiger partial charge is 0.381 e. The maximum absolute atomic E-state index is 12.9. The molecule has 1 N–H and O–H groups in total. The highest BCUT2D eigenvalue weighted by atomic mass is 19.1. The maximum atomic E-state index is 12.9. The zero-order valence-corrected chi connectivity index (χ0v) is 11.1. The Morgan fingerprint density at radius 2 is 1.94 bits per heavy atom. The summed E-state index contributed by atoms with van der Waals surface area (Å²) in [5.41, 5.74) is 0.439. The second-order valence-electron chi connectivity index (χ2n) is 5.79. The lowest BCUT2D eigenvalue weighted by Crippen LogP contribution is -2.28. The van der Waals surface area contributed by atoms with Gasteiger partial charge in [0.1, 0.15) is 18.6 Å². The standard InChI is InChI=1S/C13H18FN3O/c1-12(2,3)9-5-6-10(13(4,18)7-14)17-11(9)15-8-16-17/h5-6,8,18H,7H2,1-4H3/t13-/m1/s1. The summed E-state index contributed by atoms with van der Waals surface area (Å²) >= 11 is 0. The van der Waals surface area contributed by atoms with Gasteiger partial charge in [0.15, 0.2) is 5.65 Å². The summed E-state index contributed by atoms with van der Waals surface area (Å²) in [6.07, 6.45) is 1.42. The number of halogens is 1. The summed E-state index contributed by atoms with van der Waals surface area (Å²) in [5, 5.41) is 14.1. The van der Waals surface area contributed by atoms with Gasteiger partial charge in [0, 0.05) is 5.56 Å². The van der Waals surface area contributed by atoms with E-state index in [1.54, 1.807) is 6.07 Å². The first-order valence-electron chi connectivity index (χ1n) is 5.89. The van der Waals surface area contributed by atoms with Crippen LogP contribution in [0.4, 0.5) is 4.39 Å². The first-order chi connectivity index (χ1) is 8.27. The molecule has 2 aromatic rings. The van der Waals surface area contributed by atoms with E-state index in [1.165, 1.54) is 17.8 Å².